The third-order valence-corrected chi connectivity index (χ3v) is 4.26. The SMILES string of the molecule is CC[C@@H](C)[C@H](NC(=O)C[NH+](C)CC(=O)Nc1cccc(OC)c1)C(=O)OC. The quantitative estimate of drug-likeness (QED) is 0.491. The summed E-state index contributed by atoms with van der Waals surface area (Å²) in [7, 11) is 4.59. The molecule has 2 amide bonds. The molecule has 3 atom stereocenters. The Morgan fingerprint density at radius 3 is 2.41 bits per heavy atom. The van der Waals surface area contributed by atoms with Crippen LogP contribution in [0.1, 0.15) is 20.3 Å². The first-order valence-electron chi connectivity index (χ1n) is 8.93. The van der Waals surface area contributed by atoms with Gasteiger partial charge < -0.3 is 25.0 Å². The number of hydrogen-bond acceptors (Lipinski definition) is 5. The molecule has 0 saturated heterocycles. The Morgan fingerprint density at radius 2 is 1.81 bits per heavy atom. The zero-order valence-corrected chi connectivity index (χ0v) is 16.6. The molecule has 0 fully saturated rings. The molecule has 8 heteroatoms. The lowest BCUT2D eigenvalue weighted by Gasteiger charge is -2.22. The van der Waals surface area contributed by atoms with E-state index in [2.05, 4.69) is 10.6 Å². The standard InChI is InChI=1S/C19H29N3O5/c1-6-13(2)18(19(25)27-5)21-17(24)12-22(3)11-16(23)20-14-8-7-9-15(10-14)26-4/h7-10,13,18H,6,11-12H2,1-5H3,(H,20,23)(H,21,24)/p+1/t13-,18+/m1/s1. The zero-order chi connectivity index (χ0) is 20.4. The van der Waals surface area contributed by atoms with Crippen molar-refractivity contribution in [3.8, 4) is 5.75 Å². The summed E-state index contributed by atoms with van der Waals surface area (Å²) in [5.41, 5.74) is 0.624. The second-order valence-corrected chi connectivity index (χ2v) is 6.54. The second kappa shape index (κ2) is 11.2. The summed E-state index contributed by atoms with van der Waals surface area (Å²) >= 11 is 0. The average Bonchev–Trinajstić information content (AvgIpc) is 2.64. The van der Waals surface area contributed by atoms with Crippen molar-refractivity contribution in [1.82, 2.24) is 5.32 Å². The van der Waals surface area contributed by atoms with Gasteiger partial charge in [0, 0.05) is 11.8 Å². The minimum absolute atomic E-state index is 0.0435. The number of amides is 2. The Labute approximate surface area is 160 Å². The molecular formula is C19H30N3O5+. The smallest absolute Gasteiger partial charge is 0.328 e. The summed E-state index contributed by atoms with van der Waals surface area (Å²) < 4.78 is 9.87. The van der Waals surface area contributed by atoms with Gasteiger partial charge in [-0.05, 0) is 18.1 Å². The zero-order valence-electron chi connectivity index (χ0n) is 16.6. The first-order valence-corrected chi connectivity index (χ1v) is 8.93. The van der Waals surface area contributed by atoms with Gasteiger partial charge in [0.2, 0.25) is 0 Å². The highest BCUT2D eigenvalue weighted by Gasteiger charge is 2.27. The molecule has 8 nitrogen and oxygen atoms in total. The van der Waals surface area contributed by atoms with Crippen molar-refractivity contribution in [2.24, 2.45) is 5.92 Å². The van der Waals surface area contributed by atoms with Crippen LogP contribution >= 0.6 is 0 Å². The van der Waals surface area contributed by atoms with Crippen LogP contribution in [0.3, 0.4) is 0 Å². The minimum Gasteiger partial charge on any atom is -0.497 e. The van der Waals surface area contributed by atoms with Crippen LogP contribution in [0.5, 0.6) is 5.75 Å². The molecule has 0 saturated carbocycles. The van der Waals surface area contributed by atoms with E-state index < -0.39 is 12.0 Å². The van der Waals surface area contributed by atoms with Gasteiger partial charge in [0.1, 0.15) is 11.8 Å². The van der Waals surface area contributed by atoms with Crippen molar-refractivity contribution in [3.05, 3.63) is 24.3 Å². The monoisotopic (exact) mass is 380 g/mol. The predicted molar refractivity (Wildman–Crippen MR) is 102 cm³/mol. The van der Waals surface area contributed by atoms with Crippen LogP contribution in [-0.4, -0.2) is 58.2 Å². The number of benzene rings is 1. The van der Waals surface area contributed by atoms with E-state index in [1.165, 1.54) is 7.11 Å². The fraction of sp³-hybridized carbons (Fsp3) is 0.526. The average molecular weight is 380 g/mol. The first kappa shape index (κ1) is 22.4. The number of methoxy groups -OCH3 is 2. The molecule has 1 rings (SSSR count). The van der Waals surface area contributed by atoms with E-state index in [1.807, 2.05) is 13.8 Å². The van der Waals surface area contributed by atoms with Crippen LogP contribution < -0.4 is 20.3 Å². The third kappa shape index (κ3) is 7.65. The number of ether oxygens (including phenoxy) is 2. The Morgan fingerprint density at radius 1 is 1.15 bits per heavy atom. The summed E-state index contributed by atoms with van der Waals surface area (Å²) in [6.45, 7) is 3.99. The van der Waals surface area contributed by atoms with E-state index in [0.29, 0.717) is 16.3 Å². The molecule has 1 aromatic carbocycles. The molecule has 150 valence electrons. The maximum absolute atomic E-state index is 12.2. The molecule has 0 radical (unpaired) electrons. The van der Waals surface area contributed by atoms with Crippen molar-refractivity contribution in [2.75, 3.05) is 39.7 Å². The maximum Gasteiger partial charge on any atom is 0.328 e. The predicted octanol–water partition coefficient (Wildman–Crippen LogP) is -0.148. The first-order chi connectivity index (χ1) is 12.8. The lowest BCUT2D eigenvalue weighted by atomic mass is 9.99. The summed E-state index contributed by atoms with van der Waals surface area (Å²) in [5.74, 6) is -0.395. The van der Waals surface area contributed by atoms with Gasteiger partial charge in [0.05, 0.1) is 21.3 Å². The molecule has 0 bridgehead atoms. The summed E-state index contributed by atoms with van der Waals surface area (Å²) in [6.07, 6.45) is 0.728. The molecule has 0 aliphatic heterocycles. The molecular weight excluding hydrogens is 350 g/mol. The van der Waals surface area contributed by atoms with Crippen LogP contribution in [0.4, 0.5) is 5.69 Å². The van der Waals surface area contributed by atoms with Gasteiger partial charge in [-0.2, -0.15) is 0 Å². The van der Waals surface area contributed by atoms with Gasteiger partial charge in [-0.1, -0.05) is 26.3 Å². The van der Waals surface area contributed by atoms with Gasteiger partial charge in [-0.15, -0.1) is 0 Å². The van der Waals surface area contributed by atoms with Gasteiger partial charge in [0.15, 0.2) is 13.1 Å². The normalized spacial score (nSPS) is 13.8. The number of carbonyl (C=O) groups excluding carboxylic acids is 3. The molecule has 0 heterocycles. The molecule has 1 aromatic rings. The molecule has 0 aliphatic carbocycles. The largest absolute Gasteiger partial charge is 0.497 e. The summed E-state index contributed by atoms with van der Waals surface area (Å²) in [6, 6.07) is 6.35. The number of rotatable bonds is 10. The second-order valence-electron chi connectivity index (χ2n) is 6.54. The van der Waals surface area contributed by atoms with Gasteiger partial charge in [0.25, 0.3) is 11.8 Å². The number of hydrogen-bond donors (Lipinski definition) is 3. The van der Waals surface area contributed by atoms with Gasteiger partial charge in [-0.25, -0.2) is 4.79 Å². The number of carbonyl (C=O) groups is 3. The summed E-state index contributed by atoms with van der Waals surface area (Å²) in [4.78, 5) is 36.9. The summed E-state index contributed by atoms with van der Waals surface area (Å²) in [5, 5.41) is 5.48. The van der Waals surface area contributed by atoms with Crippen molar-refractivity contribution in [3.63, 3.8) is 0 Å². The van der Waals surface area contributed by atoms with E-state index in [1.54, 1.807) is 38.4 Å². The molecule has 0 aromatic heterocycles. The maximum atomic E-state index is 12.2. The molecule has 27 heavy (non-hydrogen) atoms. The highest BCUT2D eigenvalue weighted by Crippen LogP contribution is 2.16. The van der Waals surface area contributed by atoms with Gasteiger partial charge in [-0.3, -0.25) is 9.59 Å². The molecule has 0 aliphatic rings. The third-order valence-electron chi connectivity index (χ3n) is 4.26. The lowest BCUT2D eigenvalue weighted by Crippen LogP contribution is -3.11. The van der Waals surface area contributed by atoms with E-state index in [0.717, 1.165) is 6.42 Å². The van der Waals surface area contributed by atoms with E-state index in [-0.39, 0.29) is 30.8 Å². The van der Waals surface area contributed by atoms with E-state index in [9.17, 15) is 14.4 Å². The van der Waals surface area contributed by atoms with Crippen molar-refractivity contribution < 1.29 is 28.8 Å². The fourth-order valence-corrected chi connectivity index (χ4v) is 2.54. The van der Waals surface area contributed by atoms with Crippen LogP contribution in [0.25, 0.3) is 0 Å². The topological polar surface area (TPSA) is 98.2 Å². The number of nitrogens with one attached hydrogen (secondary N) is 3. The Bertz CT molecular complexity index is 650. The minimum atomic E-state index is -0.689. The van der Waals surface area contributed by atoms with Crippen LogP contribution in [-0.2, 0) is 19.1 Å². The van der Waals surface area contributed by atoms with Crippen LogP contribution in [0.15, 0.2) is 24.3 Å². The fourth-order valence-electron chi connectivity index (χ4n) is 2.54. The number of anilines is 1. The molecule has 3 N–H and O–H groups in total. The van der Waals surface area contributed by atoms with E-state index >= 15 is 0 Å². The Hall–Kier alpha value is -2.61. The number of esters is 1. The van der Waals surface area contributed by atoms with Crippen LogP contribution in [0.2, 0.25) is 0 Å². The molecule has 0 spiro atoms. The highest BCUT2D eigenvalue weighted by atomic mass is 16.5. The lowest BCUT2D eigenvalue weighted by molar-refractivity contribution is -0.862. The molecule has 1 unspecified atom stereocenters. The van der Waals surface area contributed by atoms with Gasteiger partial charge >= 0.3 is 5.97 Å². The van der Waals surface area contributed by atoms with Crippen molar-refractivity contribution in [2.45, 2.75) is 26.3 Å². The number of likely N-dealkylation sites (N-methyl/N-ethyl adjacent to an activating group) is 1. The van der Waals surface area contributed by atoms with E-state index in [4.69, 9.17) is 9.47 Å². The number of quaternary nitrogens is 1. The highest BCUT2D eigenvalue weighted by molar-refractivity contribution is 5.92. The van der Waals surface area contributed by atoms with Crippen LogP contribution in [0, 0.1) is 5.92 Å². The Kier molecular flexibility index (Phi) is 9.29. The van der Waals surface area contributed by atoms with Crippen molar-refractivity contribution in [1.29, 1.82) is 0 Å². The van der Waals surface area contributed by atoms with Crippen molar-refractivity contribution >= 4 is 23.5 Å². The Balaban J connectivity index is 2.54.